The fraction of sp³-hybridized carbons (Fsp3) is 0.533. The Morgan fingerprint density at radius 3 is 2.95 bits per heavy atom. The average molecular weight is 301 g/mol. The van der Waals surface area contributed by atoms with Crippen molar-refractivity contribution < 1.29 is 9.21 Å². The van der Waals surface area contributed by atoms with Crippen LogP contribution in [-0.4, -0.2) is 45.2 Å². The van der Waals surface area contributed by atoms with Gasteiger partial charge in [0.05, 0.1) is 23.6 Å². The van der Waals surface area contributed by atoms with E-state index in [1.165, 1.54) is 0 Å². The number of rotatable bonds is 4. The lowest BCUT2D eigenvalue weighted by Crippen LogP contribution is -2.47. The van der Waals surface area contributed by atoms with Gasteiger partial charge in [-0.3, -0.25) is 14.4 Å². The zero-order valence-electron chi connectivity index (χ0n) is 12.6. The normalized spacial score (nSPS) is 19.9. The lowest BCUT2D eigenvalue weighted by molar-refractivity contribution is -0.117. The molecule has 1 amide bonds. The highest BCUT2D eigenvalue weighted by atomic mass is 16.3. The van der Waals surface area contributed by atoms with Crippen LogP contribution in [0.3, 0.4) is 0 Å². The number of carbonyl (C=O) groups excluding carboxylic acids is 1. The van der Waals surface area contributed by atoms with Crippen LogP contribution in [0.1, 0.15) is 30.5 Å². The van der Waals surface area contributed by atoms with Gasteiger partial charge in [0.25, 0.3) is 0 Å². The van der Waals surface area contributed by atoms with Gasteiger partial charge >= 0.3 is 0 Å². The van der Waals surface area contributed by atoms with E-state index in [9.17, 15) is 4.79 Å². The largest absolute Gasteiger partial charge is 0.449 e. The minimum Gasteiger partial charge on any atom is -0.449 e. The van der Waals surface area contributed by atoms with E-state index in [2.05, 4.69) is 15.0 Å². The summed E-state index contributed by atoms with van der Waals surface area (Å²) in [6, 6.07) is 0.374. The fourth-order valence-electron chi connectivity index (χ4n) is 3.14. The third kappa shape index (κ3) is 2.41. The second-order valence-electron chi connectivity index (χ2n) is 6.03. The predicted molar refractivity (Wildman–Crippen MR) is 79.4 cm³/mol. The number of carbonyl (C=O) groups is 1. The van der Waals surface area contributed by atoms with Crippen molar-refractivity contribution in [2.45, 2.75) is 32.4 Å². The van der Waals surface area contributed by atoms with Gasteiger partial charge in [-0.1, -0.05) is 0 Å². The monoisotopic (exact) mass is 301 g/mol. The van der Waals surface area contributed by atoms with Crippen molar-refractivity contribution in [1.82, 2.24) is 19.7 Å². The number of hydrogen-bond donors (Lipinski definition) is 0. The molecule has 0 radical (unpaired) electrons. The first-order chi connectivity index (χ1) is 10.7. The summed E-state index contributed by atoms with van der Waals surface area (Å²) in [6.45, 7) is 5.37. The van der Waals surface area contributed by atoms with Crippen LogP contribution in [0.15, 0.2) is 23.1 Å². The minimum atomic E-state index is 0.205. The third-order valence-electron chi connectivity index (χ3n) is 4.34. The summed E-state index contributed by atoms with van der Waals surface area (Å²) in [5.41, 5.74) is 1.90. The Morgan fingerprint density at radius 1 is 1.41 bits per heavy atom. The molecule has 4 rings (SSSR count). The van der Waals surface area contributed by atoms with Gasteiger partial charge in [0.2, 0.25) is 5.91 Å². The highest BCUT2D eigenvalue weighted by Crippen LogP contribution is 2.26. The maximum absolute atomic E-state index is 11.8. The van der Waals surface area contributed by atoms with Gasteiger partial charge in [-0.15, -0.1) is 0 Å². The molecule has 2 fully saturated rings. The molecule has 0 aliphatic carbocycles. The maximum Gasteiger partial charge on any atom is 0.227 e. The number of aryl methyl sites for hydroxylation is 1. The summed E-state index contributed by atoms with van der Waals surface area (Å²) < 4.78 is 7.20. The zero-order valence-corrected chi connectivity index (χ0v) is 12.6. The molecule has 0 spiro atoms. The van der Waals surface area contributed by atoms with E-state index < -0.39 is 0 Å². The molecule has 2 saturated heterocycles. The van der Waals surface area contributed by atoms with Crippen molar-refractivity contribution in [3.05, 3.63) is 30.2 Å². The first kappa shape index (κ1) is 13.5. The SMILES string of the molecule is Cc1nc(CN2CC(n3cc(N4CCCC4=O)cn3)C2)co1. The van der Waals surface area contributed by atoms with E-state index in [0.717, 1.165) is 44.0 Å². The van der Waals surface area contributed by atoms with Crippen molar-refractivity contribution in [3.63, 3.8) is 0 Å². The smallest absolute Gasteiger partial charge is 0.227 e. The quantitative estimate of drug-likeness (QED) is 0.853. The number of oxazole rings is 1. The lowest BCUT2D eigenvalue weighted by Gasteiger charge is -2.38. The van der Waals surface area contributed by atoms with E-state index >= 15 is 0 Å². The molecule has 22 heavy (non-hydrogen) atoms. The molecule has 2 aromatic heterocycles. The number of hydrogen-bond acceptors (Lipinski definition) is 5. The minimum absolute atomic E-state index is 0.205. The van der Waals surface area contributed by atoms with Gasteiger partial charge in [0, 0.05) is 45.7 Å². The Balaban J connectivity index is 1.35. The highest BCUT2D eigenvalue weighted by Gasteiger charge is 2.30. The lowest BCUT2D eigenvalue weighted by atomic mass is 10.1. The van der Waals surface area contributed by atoms with Crippen LogP contribution < -0.4 is 4.90 Å². The summed E-state index contributed by atoms with van der Waals surface area (Å²) in [5.74, 6) is 0.912. The highest BCUT2D eigenvalue weighted by molar-refractivity contribution is 5.95. The van der Waals surface area contributed by atoms with E-state index in [0.29, 0.717) is 18.4 Å². The van der Waals surface area contributed by atoms with Crippen molar-refractivity contribution >= 4 is 11.6 Å². The Hall–Kier alpha value is -2.15. The Labute approximate surface area is 128 Å². The molecule has 2 aromatic rings. The molecule has 7 heteroatoms. The van der Waals surface area contributed by atoms with Crippen molar-refractivity contribution in [2.75, 3.05) is 24.5 Å². The van der Waals surface area contributed by atoms with Gasteiger partial charge < -0.3 is 9.32 Å². The second-order valence-corrected chi connectivity index (χ2v) is 6.03. The van der Waals surface area contributed by atoms with Gasteiger partial charge in [-0.25, -0.2) is 4.98 Å². The van der Waals surface area contributed by atoms with Gasteiger partial charge in [-0.05, 0) is 6.42 Å². The number of likely N-dealkylation sites (tertiary alicyclic amines) is 1. The number of anilines is 1. The summed E-state index contributed by atoms with van der Waals surface area (Å²) in [4.78, 5) is 20.2. The van der Waals surface area contributed by atoms with Crippen LogP contribution in [0.4, 0.5) is 5.69 Å². The summed E-state index contributed by atoms with van der Waals surface area (Å²) >= 11 is 0. The molecular weight excluding hydrogens is 282 g/mol. The first-order valence-electron chi connectivity index (χ1n) is 7.67. The molecule has 0 aromatic carbocycles. The van der Waals surface area contributed by atoms with E-state index in [4.69, 9.17) is 4.42 Å². The summed E-state index contributed by atoms with van der Waals surface area (Å²) in [5, 5.41) is 4.42. The average Bonchev–Trinajstić information content (AvgIpc) is 3.14. The maximum atomic E-state index is 11.8. The summed E-state index contributed by atoms with van der Waals surface area (Å²) in [7, 11) is 0. The van der Waals surface area contributed by atoms with E-state index in [1.54, 1.807) is 12.5 Å². The third-order valence-corrected chi connectivity index (χ3v) is 4.34. The second kappa shape index (κ2) is 5.24. The zero-order chi connectivity index (χ0) is 15.1. The fourth-order valence-corrected chi connectivity index (χ4v) is 3.14. The van der Waals surface area contributed by atoms with Crippen LogP contribution in [0.2, 0.25) is 0 Å². The predicted octanol–water partition coefficient (Wildman–Crippen LogP) is 1.36. The Morgan fingerprint density at radius 2 is 2.27 bits per heavy atom. The van der Waals surface area contributed by atoms with Crippen LogP contribution >= 0.6 is 0 Å². The van der Waals surface area contributed by atoms with Crippen LogP contribution in [-0.2, 0) is 11.3 Å². The first-order valence-corrected chi connectivity index (χ1v) is 7.67. The molecule has 4 heterocycles. The Kier molecular flexibility index (Phi) is 3.22. The molecule has 2 aliphatic rings. The molecular formula is C15H19N5O2. The van der Waals surface area contributed by atoms with Crippen LogP contribution in [0.25, 0.3) is 0 Å². The molecule has 116 valence electrons. The van der Waals surface area contributed by atoms with Gasteiger partial charge in [0.1, 0.15) is 6.26 Å². The van der Waals surface area contributed by atoms with Crippen molar-refractivity contribution in [1.29, 1.82) is 0 Å². The van der Waals surface area contributed by atoms with Gasteiger partial charge in [-0.2, -0.15) is 5.10 Å². The number of nitrogens with zero attached hydrogens (tertiary/aromatic N) is 5. The molecule has 2 aliphatic heterocycles. The van der Waals surface area contributed by atoms with Crippen molar-refractivity contribution in [2.24, 2.45) is 0 Å². The molecule has 0 bridgehead atoms. The van der Waals surface area contributed by atoms with Crippen LogP contribution in [0, 0.1) is 6.92 Å². The van der Waals surface area contributed by atoms with Gasteiger partial charge in [0.15, 0.2) is 5.89 Å². The summed E-state index contributed by atoms with van der Waals surface area (Å²) in [6.07, 6.45) is 7.10. The Bertz CT molecular complexity index is 686. The van der Waals surface area contributed by atoms with E-state index in [1.807, 2.05) is 22.7 Å². The molecule has 0 unspecified atom stereocenters. The van der Waals surface area contributed by atoms with Crippen LogP contribution in [0.5, 0.6) is 0 Å². The van der Waals surface area contributed by atoms with E-state index in [-0.39, 0.29) is 5.91 Å². The standard InChI is InChI=1S/C15H19N5O2/c1-11-17-12(10-22-11)6-18-7-14(8-18)20-9-13(5-16-20)19-4-2-3-15(19)21/h5,9-10,14H,2-4,6-8H2,1H3. The number of amides is 1. The molecule has 0 saturated carbocycles. The molecule has 0 atom stereocenters. The number of aromatic nitrogens is 3. The topological polar surface area (TPSA) is 67.4 Å². The molecule has 0 N–H and O–H groups in total. The molecule has 7 nitrogen and oxygen atoms in total. The van der Waals surface area contributed by atoms with Crippen molar-refractivity contribution in [3.8, 4) is 0 Å².